The van der Waals surface area contributed by atoms with Crippen molar-refractivity contribution in [1.29, 1.82) is 0 Å². The van der Waals surface area contributed by atoms with Gasteiger partial charge in [0.2, 0.25) is 0 Å². The van der Waals surface area contributed by atoms with E-state index >= 15 is 0 Å². The molecule has 1 N–H and O–H groups in total. The van der Waals surface area contributed by atoms with Gasteiger partial charge in [-0.15, -0.1) is 31.4 Å². The normalized spacial score (nSPS) is 16.4. The smallest absolute Gasteiger partial charge is 0.0641 e. The van der Waals surface area contributed by atoms with Gasteiger partial charge in [-0.25, -0.2) is 0 Å². The van der Waals surface area contributed by atoms with E-state index in [2.05, 4.69) is 16.8 Å². The van der Waals surface area contributed by atoms with Crippen molar-refractivity contribution in [1.82, 2.24) is 10.2 Å². The van der Waals surface area contributed by atoms with Gasteiger partial charge < -0.3 is 5.32 Å². The molecule has 22 heavy (non-hydrogen) atoms. The number of nitrogens with one attached hydrogen (secondary N) is 1. The van der Waals surface area contributed by atoms with E-state index in [0.717, 1.165) is 43.7 Å². The minimum atomic E-state index is 0. The van der Waals surface area contributed by atoms with Crippen LogP contribution in [-0.2, 0) is 0 Å². The summed E-state index contributed by atoms with van der Waals surface area (Å²) in [6.45, 7) is 10.0. The Balaban J connectivity index is 0.00000220. The lowest BCUT2D eigenvalue weighted by atomic mass is 9.98. The Kier molecular flexibility index (Phi) is 10.4. The van der Waals surface area contributed by atoms with Gasteiger partial charge in [-0.2, -0.15) is 0 Å². The number of hydrogen-bond acceptors (Lipinski definition) is 2. The lowest BCUT2D eigenvalue weighted by molar-refractivity contribution is 0.172. The first-order chi connectivity index (χ1) is 9.49. The highest BCUT2D eigenvalue weighted by molar-refractivity contribution is 6.43. The number of benzene rings is 1. The molecule has 0 amide bonds. The zero-order valence-electron chi connectivity index (χ0n) is 12.4. The van der Waals surface area contributed by atoms with Gasteiger partial charge >= 0.3 is 0 Å². The average Bonchev–Trinajstić information content (AvgIpc) is 2.41. The van der Waals surface area contributed by atoms with Crippen LogP contribution in [0.5, 0.6) is 0 Å². The second-order valence-electron chi connectivity index (χ2n) is 5.25. The van der Waals surface area contributed by atoms with Crippen molar-refractivity contribution in [2.45, 2.75) is 19.4 Å². The fourth-order valence-corrected chi connectivity index (χ4v) is 3.32. The summed E-state index contributed by atoms with van der Waals surface area (Å²) in [6.07, 6.45) is 0.858. The first-order valence-electron chi connectivity index (χ1n) is 6.72. The van der Waals surface area contributed by atoms with Gasteiger partial charge in [0.25, 0.3) is 0 Å². The standard InChI is InChI=1S/C15H19Cl3N2.2ClH/c1-10(2)7-14(20-5-3-19-4-6-20)12-8-11(16)9-13(17)15(12)18;;/h8-9,14,19H,1,3-7H2,2H3;2*1H/t14-;;/m1../s1. The highest BCUT2D eigenvalue weighted by Gasteiger charge is 2.25. The first kappa shape index (κ1) is 22.3. The van der Waals surface area contributed by atoms with Crippen molar-refractivity contribution in [3.63, 3.8) is 0 Å². The van der Waals surface area contributed by atoms with Crippen LogP contribution in [0.15, 0.2) is 24.3 Å². The van der Waals surface area contributed by atoms with Crippen LogP contribution in [0, 0.1) is 0 Å². The molecule has 2 nitrogen and oxygen atoms in total. The lowest BCUT2D eigenvalue weighted by Gasteiger charge is -2.36. The molecule has 0 aliphatic carbocycles. The van der Waals surface area contributed by atoms with Crippen LogP contribution in [0.2, 0.25) is 15.1 Å². The summed E-state index contributed by atoms with van der Waals surface area (Å²) in [4.78, 5) is 2.42. The molecule has 7 heteroatoms. The quantitative estimate of drug-likeness (QED) is 0.532. The van der Waals surface area contributed by atoms with E-state index in [9.17, 15) is 0 Å². The molecule has 1 fully saturated rings. The Labute approximate surface area is 160 Å². The minimum Gasteiger partial charge on any atom is -0.314 e. The van der Waals surface area contributed by atoms with Crippen LogP contribution in [0.3, 0.4) is 0 Å². The summed E-state index contributed by atoms with van der Waals surface area (Å²) in [7, 11) is 0. The van der Waals surface area contributed by atoms with E-state index in [1.54, 1.807) is 6.07 Å². The van der Waals surface area contributed by atoms with E-state index in [0.29, 0.717) is 15.1 Å². The molecule has 0 radical (unpaired) electrons. The maximum Gasteiger partial charge on any atom is 0.0641 e. The molecular formula is C15H21Cl5N2. The van der Waals surface area contributed by atoms with E-state index in [1.165, 1.54) is 0 Å². The predicted molar refractivity (Wildman–Crippen MR) is 103 cm³/mol. The predicted octanol–water partition coefficient (Wildman–Crippen LogP) is 5.40. The first-order valence-corrected chi connectivity index (χ1v) is 7.86. The Morgan fingerprint density at radius 2 is 1.82 bits per heavy atom. The van der Waals surface area contributed by atoms with Crippen molar-refractivity contribution in [3.05, 3.63) is 44.9 Å². The van der Waals surface area contributed by atoms with Crippen LogP contribution in [0.1, 0.15) is 24.9 Å². The van der Waals surface area contributed by atoms with Crippen molar-refractivity contribution >= 4 is 59.6 Å². The summed E-state index contributed by atoms with van der Waals surface area (Å²) in [5.74, 6) is 0. The molecular weight excluding hydrogens is 385 g/mol. The van der Waals surface area contributed by atoms with E-state index in [-0.39, 0.29) is 30.9 Å². The topological polar surface area (TPSA) is 15.3 Å². The van der Waals surface area contributed by atoms with Crippen LogP contribution in [-0.4, -0.2) is 31.1 Å². The molecule has 1 aromatic rings. The van der Waals surface area contributed by atoms with Crippen LogP contribution >= 0.6 is 59.6 Å². The largest absolute Gasteiger partial charge is 0.314 e. The van der Waals surface area contributed by atoms with Crippen molar-refractivity contribution in [2.24, 2.45) is 0 Å². The second-order valence-corrected chi connectivity index (χ2v) is 6.48. The van der Waals surface area contributed by atoms with Crippen molar-refractivity contribution < 1.29 is 0 Å². The summed E-state index contributed by atoms with van der Waals surface area (Å²) in [5, 5.41) is 5.09. The molecule has 0 unspecified atom stereocenters. The molecule has 1 aliphatic rings. The number of hydrogen-bond donors (Lipinski definition) is 1. The third kappa shape index (κ3) is 5.76. The number of piperazine rings is 1. The lowest BCUT2D eigenvalue weighted by Crippen LogP contribution is -2.45. The zero-order chi connectivity index (χ0) is 14.7. The molecule has 0 aromatic heterocycles. The molecule has 1 aliphatic heterocycles. The molecule has 1 aromatic carbocycles. The fraction of sp³-hybridized carbons (Fsp3) is 0.467. The molecule has 0 spiro atoms. The van der Waals surface area contributed by atoms with Gasteiger partial charge in [0, 0.05) is 37.2 Å². The summed E-state index contributed by atoms with van der Waals surface area (Å²) in [5.41, 5.74) is 2.12. The number of nitrogens with zero attached hydrogens (tertiary/aromatic N) is 1. The Hall–Kier alpha value is 0.330. The Morgan fingerprint density at radius 3 is 2.36 bits per heavy atom. The van der Waals surface area contributed by atoms with Crippen LogP contribution < -0.4 is 5.32 Å². The van der Waals surface area contributed by atoms with E-state index in [1.807, 2.05) is 13.0 Å². The number of halogens is 5. The Bertz CT molecular complexity index is 501. The highest BCUT2D eigenvalue weighted by Crippen LogP contribution is 2.38. The molecule has 0 bridgehead atoms. The van der Waals surface area contributed by atoms with Gasteiger partial charge in [0.15, 0.2) is 0 Å². The van der Waals surface area contributed by atoms with Crippen molar-refractivity contribution in [2.75, 3.05) is 26.2 Å². The average molecular weight is 407 g/mol. The summed E-state index contributed by atoms with van der Waals surface area (Å²) < 4.78 is 0. The maximum atomic E-state index is 6.40. The summed E-state index contributed by atoms with van der Waals surface area (Å²) in [6, 6.07) is 3.79. The molecule has 1 atom stereocenters. The van der Waals surface area contributed by atoms with E-state index in [4.69, 9.17) is 34.8 Å². The van der Waals surface area contributed by atoms with Gasteiger partial charge in [-0.1, -0.05) is 40.4 Å². The van der Waals surface area contributed by atoms with E-state index < -0.39 is 0 Å². The third-order valence-electron chi connectivity index (χ3n) is 3.51. The molecule has 126 valence electrons. The molecule has 1 heterocycles. The second kappa shape index (κ2) is 10.2. The third-order valence-corrected chi connectivity index (χ3v) is 4.55. The monoisotopic (exact) mass is 404 g/mol. The highest BCUT2D eigenvalue weighted by atomic mass is 35.5. The molecule has 0 saturated carbocycles. The molecule has 1 saturated heterocycles. The number of rotatable bonds is 4. The van der Waals surface area contributed by atoms with Crippen LogP contribution in [0.25, 0.3) is 0 Å². The SMILES string of the molecule is C=C(C)C[C@H](c1cc(Cl)cc(Cl)c1Cl)N1CCNCC1.Cl.Cl. The van der Waals surface area contributed by atoms with Gasteiger partial charge in [-0.05, 0) is 31.0 Å². The van der Waals surface area contributed by atoms with Gasteiger partial charge in [-0.3, -0.25) is 4.90 Å². The van der Waals surface area contributed by atoms with Crippen LogP contribution in [0.4, 0.5) is 0 Å². The van der Waals surface area contributed by atoms with Gasteiger partial charge in [0.1, 0.15) is 0 Å². The molecule has 2 rings (SSSR count). The van der Waals surface area contributed by atoms with Crippen molar-refractivity contribution in [3.8, 4) is 0 Å². The minimum absolute atomic E-state index is 0. The van der Waals surface area contributed by atoms with Gasteiger partial charge in [0.05, 0.1) is 10.0 Å². The summed E-state index contributed by atoms with van der Waals surface area (Å²) >= 11 is 18.7. The fourth-order valence-electron chi connectivity index (χ4n) is 2.58. The zero-order valence-corrected chi connectivity index (χ0v) is 16.3. The maximum absolute atomic E-state index is 6.40. The Morgan fingerprint density at radius 1 is 1.23 bits per heavy atom.